The molecule has 0 spiro atoms. The first kappa shape index (κ1) is 22.0. The van der Waals surface area contributed by atoms with Crippen LogP contribution in [0.2, 0.25) is 0 Å². The minimum Gasteiger partial charge on any atom is -0.491 e. The van der Waals surface area contributed by atoms with Crippen LogP contribution >= 0.6 is 11.8 Å². The Morgan fingerprint density at radius 2 is 1.94 bits per heavy atom. The monoisotopic (exact) mass is 439 g/mol. The van der Waals surface area contributed by atoms with Crippen molar-refractivity contribution in [1.29, 1.82) is 0 Å². The fourth-order valence-corrected chi connectivity index (χ4v) is 3.53. The number of hydrogen-bond acceptors (Lipinski definition) is 7. The molecule has 1 aromatic heterocycles. The lowest BCUT2D eigenvalue weighted by Crippen LogP contribution is -2.28. The molecule has 31 heavy (non-hydrogen) atoms. The van der Waals surface area contributed by atoms with Crippen LogP contribution in [0.1, 0.15) is 30.2 Å². The molecule has 0 aliphatic rings. The van der Waals surface area contributed by atoms with Gasteiger partial charge in [0.25, 0.3) is 11.5 Å². The summed E-state index contributed by atoms with van der Waals surface area (Å²) in [6, 6.07) is 16.2. The van der Waals surface area contributed by atoms with Gasteiger partial charge in [-0.25, -0.2) is 15.3 Å². The number of hydrogen-bond donors (Lipinski definition) is 3. The molecule has 3 N–H and O–H groups in total. The highest BCUT2D eigenvalue weighted by atomic mass is 32.2. The van der Waals surface area contributed by atoms with E-state index in [1.807, 2.05) is 44.2 Å². The summed E-state index contributed by atoms with van der Waals surface area (Å²) in [5.74, 6) is 0.251. The molecule has 1 unspecified atom stereocenters. The van der Waals surface area contributed by atoms with E-state index >= 15 is 0 Å². The standard InChI is InChI=1S/C21H21N5O4S/c1-13(2)30-16-10-6-7-14(11-16)12-22-24-18(27)17(15-8-4-3-5-9-15)31-20-19(28)23-21(29)26-25-20/h3-13,17H,1-2H3,(H,24,27)(H2,23,26,28,29)/b22-12-. The maximum absolute atomic E-state index is 12.8. The Hall–Kier alpha value is -3.66. The topological polar surface area (TPSA) is 129 Å². The predicted octanol–water partition coefficient (Wildman–Crippen LogP) is 2.23. The first-order valence-corrected chi connectivity index (χ1v) is 10.3. The van der Waals surface area contributed by atoms with Gasteiger partial charge in [-0.3, -0.25) is 14.6 Å². The first-order chi connectivity index (χ1) is 14.9. The summed E-state index contributed by atoms with van der Waals surface area (Å²) >= 11 is 0.910. The molecule has 3 rings (SSSR count). The van der Waals surface area contributed by atoms with Crippen molar-refractivity contribution in [3.05, 3.63) is 86.6 Å². The second-order valence-electron chi connectivity index (χ2n) is 6.69. The summed E-state index contributed by atoms with van der Waals surface area (Å²) < 4.78 is 5.65. The quantitative estimate of drug-likeness (QED) is 0.280. The summed E-state index contributed by atoms with van der Waals surface area (Å²) in [6.45, 7) is 3.87. The predicted molar refractivity (Wildman–Crippen MR) is 118 cm³/mol. The molecule has 1 atom stereocenters. The zero-order valence-electron chi connectivity index (χ0n) is 16.9. The van der Waals surface area contributed by atoms with Gasteiger partial charge in [0.15, 0.2) is 5.03 Å². The van der Waals surface area contributed by atoms with Crippen molar-refractivity contribution < 1.29 is 9.53 Å². The number of amides is 1. The molecule has 0 radical (unpaired) electrons. The number of hydrazone groups is 1. The Balaban J connectivity index is 1.77. The third-order valence-electron chi connectivity index (χ3n) is 3.87. The van der Waals surface area contributed by atoms with Crippen molar-refractivity contribution in [2.45, 2.75) is 30.2 Å². The molecule has 0 bridgehead atoms. The highest BCUT2D eigenvalue weighted by Crippen LogP contribution is 2.32. The average Bonchev–Trinajstić information content (AvgIpc) is 2.73. The molecule has 160 valence electrons. The molecule has 1 amide bonds. The second kappa shape index (κ2) is 10.4. The van der Waals surface area contributed by atoms with Crippen molar-refractivity contribution in [1.82, 2.24) is 20.6 Å². The summed E-state index contributed by atoms with van der Waals surface area (Å²) in [4.78, 5) is 38.1. The van der Waals surface area contributed by atoms with Crippen LogP contribution in [-0.4, -0.2) is 33.4 Å². The number of benzene rings is 2. The summed E-state index contributed by atoms with van der Waals surface area (Å²) in [5, 5.41) is 9.08. The van der Waals surface area contributed by atoms with Crippen molar-refractivity contribution in [2.24, 2.45) is 5.10 Å². The number of rotatable bonds is 8. The minimum atomic E-state index is -0.812. The molecule has 0 saturated carbocycles. The number of carbonyl (C=O) groups is 1. The number of thioether (sulfide) groups is 1. The highest BCUT2D eigenvalue weighted by Gasteiger charge is 2.24. The average molecular weight is 439 g/mol. The number of aromatic amines is 2. The van der Waals surface area contributed by atoms with Crippen molar-refractivity contribution >= 4 is 23.9 Å². The van der Waals surface area contributed by atoms with Gasteiger partial charge in [-0.1, -0.05) is 54.2 Å². The Morgan fingerprint density at radius 3 is 2.65 bits per heavy atom. The third-order valence-corrected chi connectivity index (χ3v) is 5.09. The van der Waals surface area contributed by atoms with Gasteiger partial charge >= 0.3 is 5.69 Å². The van der Waals surface area contributed by atoms with Crippen LogP contribution < -0.4 is 21.4 Å². The van der Waals surface area contributed by atoms with Gasteiger partial charge in [-0.05, 0) is 37.1 Å². The van der Waals surface area contributed by atoms with Crippen LogP contribution in [-0.2, 0) is 4.79 Å². The van der Waals surface area contributed by atoms with Crippen LogP contribution in [0.3, 0.4) is 0 Å². The Morgan fingerprint density at radius 1 is 1.16 bits per heavy atom. The Bertz CT molecular complexity index is 1170. The number of H-pyrrole nitrogens is 2. The van der Waals surface area contributed by atoms with Gasteiger partial charge < -0.3 is 4.74 Å². The molecule has 9 nitrogen and oxygen atoms in total. The van der Waals surface area contributed by atoms with Gasteiger partial charge in [0, 0.05) is 0 Å². The van der Waals surface area contributed by atoms with Crippen molar-refractivity contribution in [3.8, 4) is 5.75 Å². The molecule has 0 aliphatic heterocycles. The molecular formula is C21H21N5O4S. The summed E-state index contributed by atoms with van der Waals surface area (Å²) in [5.41, 5.74) is 2.51. The number of aromatic nitrogens is 3. The van der Waals surface area contributed by atoms with E-state index in [2.05, 4.69) is 25.7 Å². The van der Waals surface area contributed by atoms with Gasteiger partial charge in [-0.2, -0.15) is 10.2 Å². The van der Waals surface area contributed by atoms with Gasteiger partial charge in [0.1, 0.15) is 11.0 Å². The van der Waals surface area contributed by atoms with E-state index in [-0.39, 0.29) is 11.1 Å². The Labute approximate surface area is 181 Å². The fraction of sp³-hybridized carbons (Fsp3) is 0.190. The van der Waals surface area contributed by atoms with Crippen LogP contribution in [0, 0.1) is 0 Å². The molecule has 0 aliphatic carbocycles. The zero-order valence-corrected chi connectivity index (χ0v) is 17.7. The summed E-state index contributed by atoms with van der Waals surface area (Å²) in [7, 11) is 0. The molecule has 0 fully saturated rings. The van der Waals surface area contributed by atoms with E-state index in [4.69, 9.17) is 4.74 Å². The van der Waals surface area contributed by atoms with E-state index in [1.165, 1.54) is 6.21 Å². The van der Waals surface area contributed by atoms with Crippen molar-refractivity contribution in [3.63, 3.8) is 0 Å². The number of nitrogens with one attached hydrogen (secondary N) is 3. The van der Waals surface area contributed by atoms with Gasteiger partial charge in [0.05, 0.1) is 12.3 Å². The van der Waals surface area contributed by atoms with Crippen LogP contribution in [0.5, 0.6) is 5.75 Å². The van der Waals surface area contributed by atoms with E-state index in [0.29, 0.717) is 11.3 Å². The molecule has 1 heterocycles. The lowest BCUT2D eigenvalue weighted by molar-refractivity contribution is -0.120. The molecule has 10 heteroatoms. The van der Waals surface area contributed by atoms with Crippen LogP contribution in [0.25, 0.3) is 0 Å². The zero-order chi connectivity index (χ0) is 22.2. The van der Waals surface area contributed by atoms with Crippen LogP contribution in [0.15, 0.2) is 74.3 Å². The lowest BCUT2D eigenvalue weighted by atomic mass is 10.1. The lowest BCUT2D eigenvalue weighted by Gasteiger charge is -2.14. The SMILES string of the molecule is CC(C)Oc1cccc(/C=N\NC(=O)C(Sc2n[nH]c(=O)[nH]c2=O)c2ccccc2)c1. The maximum atomic E-state index is 12.8. The van der Waals surface area contributed by atoms with E-state index in [0.717, 1.165) is 17.3 Å². The van der Waals surface area contributed by atoms with E-state index < -0.39 is 22.4 Å². The second-order valence-corrected chi connectivity index (χ2v) is 7.79. The third kappa shape index (κ3) is 6.41. The number of carbonyl (C=O) groups excluding carboxylic acids is 1. The molecular weight excluding hydrogens is 418 g/mol. The van der Waals surface area contributed by atoms with Crippen molar-refractivity contribution in [2.75, 3.05) is 0 Å². The fourth-order valence-electron chi connectivity index (χ4n) is 2.60. The van der Waals surface area contributed by atoms with E-state index in [9.17, 15) is 14.4 Å². The smallest absolute Gasteiger partial charge is 0.342 e. The van der Waals surface area contributed by atoms with Gasteiger partial charge in [0.2, 0.25) is 0 Å². The first-order valence-electron chi connectivity index (χ1n) is 9.42. The normalized spacial score (nSPS) is 12.1. The number of ether oxygens (including phenoxy) is 1. The van der Waals surface area contributed by atoms with Crippen LogP contribution in [0.4, 0.5) is 0 Å². The van der Waals surface area contributed by atoms with E-state index in [1.54, 1.807) is 24.3 Å². The minimum absolute atomic E-state index is 0.0360. The molecule has 2 aromatic carbocycles. The highest BCUT2D eigenvalue weighted by molar-refractivity contribution is 8.00. The van der Waals surface area contributed by atoms with Gasteiger partial charge in [-0.15, -0.1) is 0 Å². The number of nitrogens with zero attached hydrogens (tertiary/aromatic N) is 2. The largest absolute Gasteiger partial charge is 0.491 e. The maximum Gasteiger partial charge on any atom is 0.342 e. The summed E-state index contributed by atoms with van der Waals surface area (Å²) in [6.07, 6.45) is 1.54. The molecule has 0 saturated heterocycles. The Kier molecular flexibility index (Phi) is 7.39. The molecule has 3 aromatic rings.